The number of aliphatic hydroxyl groups is 1. The number of phenols is 2. The largest absolute Gasteiger partial charge is 0.527 e. The first-order valence-corrected chi connectivity index (χ1v) is 15.4. The second-order valence-corrected chi connectivity index (χ2v) is 11.8. The number of methoxy groups -OCH3 is 1. The van der Waals surface area contributed by atoms with Gasteiger partial charge in [0.15, 0.2) is 47.4 Å². The minimum atomic E-state index is -4.78. The second-order valence-electron chi connectivity index (χ2n) is 10.4. The number of phosphoric acid groups is 1. The van der Waals surface area contributed by atoms with Gasteiger partial charge in [0, 0.05) is 17.7 Å². The highest BCUT2D eigenvalue weighted by Crippen LogP contribution is 2.48. The van der Waals surface area contributed by atoms with Crippen LogP contribution in [0.15, 0.2) is 78.9 Å². The number of phenolic OH excluding ortho intramolecular Hbond substituents is 2. The Bertz CT molecular complexity index is 1900. The van der Waals surface area contributed by atoms with Gasteiger partial charge in [-0.15, -0.1) is 0 Å². The lowest BCUT2D eigenvalue weighted by atomic mass is 9.92. The quantitative estimate of drug-likeness (QED) is 0.108. The number of carbonyl (C=O) groups is 1. The van der Waals surface area contributed by atoms with Crippen LogP contribution in [0.1, 0.15) is 33.7 Å². The molecule has 0 bridgehead atoms. The molecule has 16 heteroatoms. The normalized spacial score (nSPS) is 21.1. The molecule has 3 unspecified atom stereocenters. The number of hydrogen-bond donors (Lipinski definition) is 4. The van der Waals surface area contributed by atoms with Gasteiger partial charge >= 0.3 is 7.82 Å². The Morgan fingerprint density at radius 2 is 1.57 bits per heavy atom. The average Bonchev–Trinajstić information content (AvgIpc) is 3.05. The maximum Gasteiger partial charge on any atom is 0.527 e. The van der Waals surface area contributed by atoms with Crippen LogP contribution in [0, 0.1) is 10.1 Å². The van der Waals surface area contributed by atoms with Crippen molar-refractivity contribution in [1.29, 1.82) is 0 Å². The monoisotopic (exact) mass is 667 g/mol. The molecule has 6 rings (SSSR count). The Morgan fingerprint density at radius 3 is 2.30 bits per heavy atom. The van der Waals surface area contributed by atoms with Gasteiger partial charge in [0.05, 0.1) is 12.0 Å². The highest BCUT2D eigenvalue weighted by molar-refractivity contribution is 7.47. The van der Waals surface area contributed by atoms with Gasteiger partial charge in [-0.05, 0) is 54.1 Å². The van der Waals surface area contributed by atoms with Crippen LogP contribution < -0.4 is 23.5 Å². The molecule has 2 aliphatic heterocycles. The van der Waals surface area contributed by atoms with Gasteiger partial charge in [0.1, 0.15) is 29.4 Å². The molecule has 15 nitrogen and oxygen atoms in total. The number of Topliss-reactive ketones (excluding diaryl/α,β-unsaturated/α-hetero) is 1. The molecule has 0 aliphatic carbocycles. The molecule has 0 saturated carbocycles. The Labute approximate surface area is 265 Å². The second kappa shape index (κ2) is 12.5. The number of nitro benzene ring substituents is 1. The van der Waals surface area contributed by atoms with Crippen molar-refractivity contribution in [3.8, 4) is 40.2 Å². The van der Waals surface area contributed by atoms with E-state index in [1.165, 1.54) is 61.7 Å². The number of fused-ring (bicyclic) bond motifs is 2. The number of nitro groups is 1. The van der Waals surface area contributed by atoms with Gasteiger partial charge in [-0.2, -0.15) is 0 Å². The summed E-state index contributed by atoms with van der Waals surface area (Å²) >= 11 is 0. The van der Waals surface area contributed by atoms with Crippen LogP contribution in [0.25, 0.3) is 0 Å². The number of phosphoric ester groups is 1. The minimum Gasteiger partial charge on any atom is -0.507 e. The predicted octanol–water partition coefficient (Wildman–Crippen LogP) is 4.77. The molecule has 0 spiro atoms. The number of nitrogens with zero attached hydrogens (tertiary/aromatic N) is 1. The van der Waals surface area contributed by atoms with Crippen LogP contribution in [-0.2, 0) is 9.09 Å². The number of carbonyl (C=O) groups excluding carboxylic acids is 1. The number of rotatable bonds is 9. The van der Waals surface area contributed by atoms with E-state index in [9.17, 15) is 39.7 Å². The lowest BCUT2D eigenvalue weighted by Crippen LogP contribution is -2.38. The van der Waals surface area contributed by atoms with Gasteiger partial charge < -0.3 is 38.8 Å². The summed E-state index contributed by atoms with van der Waals surface area (Å²) in [6, 6.07) is 17.7. The fourth-order valence-electron chi connectivity index (χ4n) is 5.16. The van der Waals surface area contributed by atoms with Gasteiger partial charge in [0.2, 0.25) is 5.78 Å². The number of ether oxygens (including phenoxy) is 4. The van der Waals surface area contributed by atoms with E-state index in [4.69, 9.17) is 28.0 Å². The SMILES string of the molecule is COc1cc(C2Oc3cc([C@H]4Oc5cccc(O)c5C(=O)[C@@H]4O)ccc3OC2COP(=O)(O)Oc2ccc([N+](=O)[O-])cc2)ccc1O. The summed E-state index contributed by atoms with van der Waals surface area (Å²) in [7, 11) is -3.43. The van der Waals surface area contributed by atoms with Gasteiger partial charge in [-0.3, -0.25) is 24.3 Å². The molecular formula is C31H26NO14P. The molecule has 4 N–H and O–H groups in total. The van der Waals surface area contributed by atoms with Crippen molar-refractivity contribution in [1.82, 2.24) is 0 Å². The maximum atomic E-state index is 12.9. The maximum absolute atomic E-state index is 12.9. The van der Waals surface area contributed by atoms with E-state index < -0.39 is 49.6 Å². The van der Waals surface area contributed by atoms with Gasteiger partial charge in [-0.1, -0.05) is 18.2 Å². The molecule has 244 valence electrons. The molecule has 4 aromatic carbocycles. The van der Waals surface area contributed by atoms with E-state index in [0.29, 0.717) is 11.1 Å². The molecule has 5 atom stereocenters. The Hall–Kier alpha value is -5.34. The average molecular weight is 668 g/mol. The molecule has 2 aliphatic rings. The van der Waals surface area contributed by atoms with E-state index in [-0.39, 0.29) is 51.5 Å². The third-order valence-electron chi connectivity index (χ3n) is 7.43. The molecule has 0 fully saturated rings. The van der Waals surface area contributed by atoms with Crippen molar-refractivity contribution in [3.05, 3.63) is 106 Å². The highest BCUT2D eigenvalue weighted by atomic mass is 31.2. The number of aromatic hydroxyl groups is 2. The molecular weight excluding hydrogens is 641 g/mol. The van der Waals surface area contributed by atoms with Crippen LogP contribution in [0.2, 0.25) is 0 Å². The summed E-state index contributed by atoms with van der Waals surface area (Å²) in [5, 5.41) is 42.0. The Kier molecular flexibility index (Phi) is 8.38. The van der Waals surface area contributed by atoms with E-state index in [2.05, 4.69) is 0 Å². The zero-order valence-electron chi connectivity index (χ0n) is 24.3. The fraction of sp³-hybridized carbons (Fsp3) is 0.194. The number of aliphatic hydroxyl groups excluding tert-OH is 1. The first kappa shape index (κ1) is 31.6. The van der Waals surface area contributed by atoms with Crippen molar-refractivity contribution < 1.29 is 62.5 Å². The lowest BCUT2D eigenvalue weighted by molar-refractivity contribution is -0.384. The topological polar surface area (TPSA) is 214 Å². The standard InChI is InChI=1S/C31H26NO14P/c1-41-24-13-16(5-11-20(24)33)30-26(15-42-47(39,40)46-19-9-7-18(8-10-19)32(37)38)43-22-12-6-17(14-25(22)45-30)31-29(36)28(35)27-21(34)3-2-4-23(27)44-31/h2-14,26,29-31,33-34,36H,15H2,1H3,(H,39,40)/t26?,29-,30?,31+/m0/s1. The van der Waals surface area contributed by atoms with Crippen LogP contribution >= 0.6 is 7.82 Å². The number of non-ortho nitro benzene ring substituents is 1. The lowest BCUT2D eigenvalue weighted by Gasteiger charge is -2.35. The molecule has 0 amide bonds. The van der Waals surface area contributed by atoms with Crippen LogP contribution in [-0.4, -0.2) is 56.8 Å². The van der Waals surface area contributed by atoms with Crippen LogP contribution in [0.3, 0.4) is 0 Å². The molecule has 0 radical (unpaired) electrons. The zero-order chi connectivity index (χ0) is 33.5. The van der Waals surface area contributed by atoms with Crippen molar-refractivity contribution in [2.24, 2.45) is 0 Å². The first-order valence-electron chi connectivity index (χ1n) is 13.9. The molecule has 4 aromatic rings. The smallest absolute Gasteiger partial charge is 0.507 e. The third kappa shape index (κ3) is 6.37. The van der Waals surface area contributed by atoms with Crippen LogP contribution in [0.5, 0.6) is 40.2 Å². The van der Waals surface area contributed by atoms with Crippen molar-refractivity contribution >= 4 is 19.3 Å². The number of benzene rings is 4. The molecule has 47 heavy (non-hydrogen) atoms. The summed E-state index contributed by atoms with van der Waals surface area (Å²) in [6.45, 7) is -0.547. The minimum absolute atomic E-state index is 0.0934. The summed E-state index contributed by atoms with van der Waals surface area (Å²) in [4.78, 5) is 33.6. The Balaban J connectivity index is 1.27. The number of hydrogen-bond acceptors (Lipinski definition) is 13. The predicted molar refractivity (Wildman–Crippen MR) is 160 cm³/mol. The summed E-state index contributed by atoms with van der Waals surface area (Å²) in [5.41, 5.74) is 0.391. The van der Waals surface area contributed by atoms with Crippen molar-refractivity contribution in [2.45, 2.75) is 24.4 Å². The third-order valence-corrected chi connectivity index (χ3v) is 8.35. The van der Waals surface area contributed by atoms with E-state index in [1.807, 2.05) is 0 Å². The summed E-state index contributed by atoms with van der Waals surface area (Å²) in [6.07, 6.45) is -4.90. The summed E-state index contributed by atoms with van der Waals surface area (Å²) < 4.78 is 46.7. The van der Waals surface area contributed by atoms with Gasteiger partial charge in [-0.25, -0.2) is 4.57 Å². The van der Waals surface area contributed by atoms with E-state index in [0.717, 1.165) is 24.3 Å². The fourth-order valence-corrected chi connectivity index (χ4v) is 5.94. The number of ketones is 1. The van der Waals surface area contributed by atoms with Crippen molar-refractivity contribution in [2.75, 3.05) is 13.7 Å². The van der Waals surface area contributed by atoms with E-state index >= 15 is 0 Å². The zero-order valence-corrected chi connectivity index (χ0v) is 25.2. The van der Waals surface area contributed by atoms with Crippen molar-refractivity contribution in [3.63, 3.8) is 0 Å². The van der Waals surface area contributed by atoms with Gasteiger partial charge in [0.25, 0.3) is 5.69 Å². The highest BCUT2D eigenvalue weighted by Gasteiger charge is 2.41. The first-order chi connectivity index (χ1) is 22.4. The summed E-state index contributed by atoms with van der Waals surface area (Å²) in [5.74, 6) is -0.798. The van der Waals surface area contributed by atoms with Crippen LogP contribution in [0.4, 0.5) is 5.69 Å². The molecule has 0 aromatic heterocycles. The molecule has 0 saturated heterocycles. The van der Waals surface area contributed by atoms with E-state index in [1.54, 1.807) is 0 Å². The Morgan fingerprint density at radius 1 is 0.872 bits per heavy atom. The molecule has 2 heterocycles.